The molecule has 106 valence electrons. The van der Waals surface area contributed by atoms with Crippen LogP contribution in [0.5, 0.6) is 0 Å². The summed E-state index contributed by atoms with van der Waals surface area (Å²) in [6, 6.07) is 0. The van der Waals surface area contributed by atoms with Crippen molar-refractivity contribution < 1.29 is 4.74 Å². The highest BCUT2D eigenvalue weighted by molar-refractivity contribution is 4.93. The van der Waals surface area contributed by atoms with E-state index in [1.807, 2.05) is 0 Å². The zero-order valence-corrected chi connectivity index (χ0v) is 12.5. The van der Waals surface area contributed by atoms with E-state index in [1.54, 1.807) is 0 Å². The minimum Gasteiger partial charge on any atom is -0.380 e. The molecule has 0 spiro atoms. The van der Waals surface area contributed by atoms with E-state index in [0.29, 0.717) is 0 Å². The van der Waals surface area contributed by atoms with Gasteiger partial charge in [0.05, 0.1) is 13.2 Å². The van der Waals surface area contributed by atoms with E-state index in [1.165, 1.54) is 25.7 Å². The van der Waals surface area contributed by atoms with Crippen molar-refractivity contribution in [2.45, 2.75) is 46.5 Å². The first-order chi connectivity index (χ1) is 8.70. The Balaban J connectivity index is 1.88. The van der Waals surface area contributed by atoms with E-state index in [4.69, 9.17) is 4.74 Å². The lowest BCUT2D eigenvalue weighted by molar-refractivity contribution is 0.0808. The van der Waals surface area contributed by atoms with Gasteiger partial charge in [0.15, 0.2) is 0 Å². The molecule has 18 heavy (non-hydrogen) atoms. The smallest absolute Gasteiger partial charge is 0.0591 e. The second kappa shape index (κ2) is 9.57. The summed E-state index contributed by atoms with van der Waals surface area (Å²) in [5, 5.41) is 3.45. The van der Waals surface area contributed by atoms with Crippen molar-refractivity contribution in [3.63, 3.8) is 0 Å². The van der Waals surface area contributed by atoms with E-state index in [-0.39, 0.29) is 0 Å². The van der Waals surface area contributed by atoms with Gasteiger partial charge in [-0.15, -0.1) is 0 Å². The van der Waals surface area contributed by atoms with Crippen molar-refractivity contribution in [3.05, 3.63) is 12.2 Å². The Kier molecular flexibility index (Phi) is 8.36. The average Bonchev–Trinajstić information content (AvgIpc) is 2.34. The SMILES string of the molecule is CC(C)CCCNCCOCC1CC=CCC1C. The molecule has 2 unspecified atom stereocenters. The first-order valence-corrected chi connectivity index (χ1v) is 7.63. The number of allylic oxidation sites excluding steroid dienone is 2. The van der Waals surface area contributed by atoms with E-state index in [2.05, 4.69) is 38.2 Å². The maximum atomic E-state index is 5.77. The van der Waals surface area contributed by atoms with Crippen LogP contribution in [0, 0.1) is 17.8 Å². The van der Waals surface area contributed by atoms with Crippen LogP contribution in [0.1, 0.15) is 46.5 Å². The van der Waals surface area contributed by atoms with Gasteiger partial charge in [-0.25, -0.2) is 0 Å². The number of hydrogen-bond acceptors (Lipinski definition) is 2. The molecule has 1 rings (SSSR count). The van der Waals surface area contributed by atoms with Crippen LogP contribution in [0.3, 0.4) is 0 Å². The molecule has 0 bridgehead atoms. The Morgan fingerprint density at radius 3 is 2.72 bits per heavy atom. The Morgan fingerprint density at radius 1 is 1.22 bits per heavy atom. The van der Waals surface area contributed by atoms with Gasteiger partial charge < -0.3 is 10.1 Å². The van der Waals surface area contributed by atoms with Crippen molar-refractivity contribution in [1.29, 1.82) is 0 Å². The van der Waals surface area contributed by atoms with Crippen LogP contribution in [-0.4, -0.2) is 26.3 Å². The molecule has 2 atom stereocenters. The zero-order chi connectivity index (χ0) is 13.2. The lowest BCUT2D eigenvalue weighted by Gasteiger charge is -2.24. The lowest BCUT2D eigenvalue weighted by atomic mass is 9.85. The van der Waals surface area contributed by atoms with Crippen molar-refractivity contribution in [3.8, 4) is 0 Å². The molecule has 2 nitrogen and oxygen atoms in total. The molecule has 0 saturated carbocycles. The van der Waals surface area contributed by atoms with Gasteiger partial charge >= 0.3 is 0 Å². The summed E-state index contributed by atoms with van der Waals surface area (Å²) in [6.07, 6.45) is 9.63. The highest BCUT2D eigenvalue weighted by Crippen LogP contribution is 2.24. The molecule has 0 aromatic carbocycles. The number of nitrogens with one attached hydrogen (secondary N) is 1. The Morgan fingerprint density at radius 2 is 2.00 bits per heavy atom. The van der Waals surface area contributed by atoms with E-state index in [0.717, 1.165) is 44.1 Å². The van der Waals surface area contributed by atoms with Gasteiger partial charge in [-0.2, -0.15) is 0 Å². The standard InChI is InChI=1S/C16H31NO/c1-14(2)7-6-10-17-11-12-18-13-16-9-5-4-8-15(16)3/h4-5,14-17H,6-13H2,1-3H3. The van der Waals surface area contributed by atoms with Crippen LogP contribution in [0.25, 0.3) is 0 Å². The topological polar surface area (TPSA) is 21.3 Å². The monoisotopic (exact) mass is 253 g/mol. The van der Waals surface area contributed by atoms with Crippen LogP contribution in [0.2, 0.25) is 0 Å². The molecule has 0 radical (unpaired) electrons. The minimum absolute atomic E-state index is 0.732. The first-order valence-electron chi connectivity index (χ1n) is 7.63. The van der Waals surface area contributed by atoms with Crippen LogP contribution in [0.4, 0.5) is 0 Å². The molecule has 0 heterocycles. The highest BCUT2D eigenvalue weighted by Gasteiger charge is 2.17. The molecular weight excluding hydrogens is 222 g/mol. The normalized spacial score (nSPS) is 23.8. The molecule has 1 aliphatic rings. The van der Waals surface area contributed by atoms with Gasteiger partial charge in [0.2, 0.25) is 0 Å². The summed E-state index contributed by atoms with van der Waals surface area (Å²) in [5.41, 5.74) is 0. The molecule has 0 fully saturated rings. The average molecular weight is 253 g/mol. The number of rotatable bonds is 9. The second-order valence-corrected chi connectivity index (χ2v) is 6.04. The highest BCUT2D eigenvalue weighted by atomic mass is 16.5. The predicted octanol–water partition coefficient (Wildman–Crippen LogP) is 3.63. The van der Waals surface area contributed by atoms with Crippen LogP contribution < -0.4 is 5.32 Å². The molecule has 0 aliphatic heterocycles. The van der Waals surface area contributed by atoms with Crippen LogP contribution in [0.15, 0.2) is 12.2 Å². The molecule has 0 amide bonds. The Hall–Kier alpha value is -0.340. The third-order valence-electron chi connectivity index (χ3n) is 3.81. The fourth-order valence-corrected chi connectivity index (χ4v) is 2.38. The third kappa shape index (κ3) is 7.17. The maximum Gasteiger partial charge on any atom is 0.0591 e. The summed E-state index contributed by atoms with van der Waals surface area (Å²) in [7, 11) is 0. The van der Waals surface area contributed by atoms with E-state index in [9.17, 15) is 0 Å². The summed E-state index contributed by atoms with van der Waals surface area (Å²) < 4.78 is 5.77. The largest absolute Gasteiger partial charge is 0.380 e. The molecule has 2 heteroatoms. The van der Waals surface area contributed by atoms with Gasteiger partial charge in [0, 0.05) is 6.54 Å². The van der Waals surface area contributed by atoms with E-state index >= 15 is 0 Å². The molecule has 0 saturated heterocycles. The van der Waals surface area contributed by atoms with Gasteiger partial charge in [-0.3, -0.25) is 0 Å². The number of ether oxygens (including phenoxy) is 1. The maximum absolute atomic E-state index is 5.77. The quantitative estimate of drug-likeness (QED) is 0.500. The number of hydrogen-bond donors (Lipinski definition) is 1. The summed E-state index contributed by atoms with van der Waals surface area (Å²) in [4.78, 5) is 0. The van der Waals surface area contributed by atoms with Crippen LogP contribution >= 0.6 is 0 Å². The predicted molar refractivity (Wildman–Crippen MR) is 78.8 cm³/mol. The molecule has 1 N–H and O–H groups in total. The van der Waals surface area contributed by atoms with Crippen LogP contribution in [-0.2, 0) is 4.74 Å². The molecule has 1 aliphatic carbocycles. The van der Waals surface area contributed by atoms with Crippen molar-refractivity contribution in [1.82, 2.24) is 5.32 Å². The lowest BCUT2D eigenvalue weighted by Crippen LogP contribution is -2.24. The summed E-state index contributed by atoms with van der Waals surface area (Å²) in [5.74, 6) is 2.34. The summed E-state index contributed by atoms with van der Waals surface area (Å²) >= 11 is 0. The first kappa shape index (κ1) is 15.7. The van der Waals surface area contributed by atoms with Crippen molar-refractivity contribution in [2.24, 2.45) is 17.8 Å². The molecule has 0 aromatic heterocycles. The van der Waals surface area contributed by atoms with Gasteiger partial charge in [0.1, 0.15) is 0 Å². The summed E-state index contributed by atoms with van der Waals surface area (Å²) in [6.45, 7) is 10.8. The van der Waals surface area contributed by atoms with Gasteiger partial charge in [0.25, 0.3) is 0 Å². The van der Waals surface area contributed by atoms with Crippen molar-refractivity contribution >= 4 is 0 Å². The fraction of sp³-hybridized carbons (Fsp3) is 0.875. The van der Waals surface area contributed by atoms with E-state index < -0.39 is 0 Å². The second-order valence-electron chi connectivity index (χ2n) is 6.04. The van der Waals surface area contributed by atoms with Crippen molar-refractivity contribution in [2.75, 3.05) is 26.3 Å². The molecule has 0 aromatic rings. The molecular formula is C16H31NO. The Labute approximate surface area is 113 Å². The zero-order valence-electron chi connectivity index (χ0n) is 12.5. The third-order valence-corrected chi connectivity index (χ3v) is 3.81. The minimum atomic E-state index is 0.732. The fourth-order valence-electron chi connectivity index (χ4n) is 2.38. The van der Waals surface area contributed by atoms with Gasteiger partial charge in [-0.1, -0.05) is 32.9 Å². The Bertz CT molecular complexity index is 225. The van der Waals surface area contributed by atoms with Gasteiger partial charge in [-0.05, 0) is 50.0 Å².